The van der Waals surface area contributed by atoms with Crippen LogP contribution in [0.1, 0.15) is 42.0 Å². The van der Waals surface area contributed by atoms with Gasteiger partial charge >= 0.3 is 24.0 Å². The third-order valence-electron chi connectivity index (χ3n) is 12.0. The number of hydrogen-bond donors (Lipinski definition) is 3. The van der Waals surface area contributed by atoms with Crippen LogP contribution in [0.4, 0.5) is 41.5 Å². The number of rotatable bonds is 10. The van der Waals surface area contributed by atoms with E-state index >= 15 is 0 Å². The van der Waals surface area contributed by atoms with Crippen molar-refractivity contribution >= 4 is 35.9 Å². The zero-order chi connectivity index (χ0) is 44.6. The second kappa shape index (κ2) is 17.5. The Balaban J connectivity index is 0.000000162. The predicted molar refractivity (Wildman–Crippen MR) is 218 cm³/mol. The van der Waals surface area contributed by atoms with Crippen molar-refractivity contribution in [2.45, 2.75) is 63.6 Å². The second-order valence-electron chi connectivity index (χ2n) is 16.1. The van der Waals surface area contributed by atoms with Crippen LogP contribution in [0.15, 0.2) is 57.9 Å². The molecule has 2 fully saturated rings. The molecular weight excluding hydrogens is 845 g/mol. The Bertz CT molecular complexity index is 2620. The quantitative estimate of drug-likeness (QED) is 0.121. The van der Waals surface area contributed by atoms with Crippen LogP contribution in [0.2, 0.25) is 0 Å². The van der Waals surface area contributed by atoms with Crippen molar-refractivity contribution < 1.29 is 45.8 Å². The molecule has 3 atom stereocenters. The van der Waals surface area contributed by atoms with Crippen LogP contribution in [0, 0.1) is 35.1 Å². The number of carboxylic acid groups (broad SMARTS) is 1. The average molecular weight is 885 g/mol. The van der Waals surface area contributed by atoms with Crippen molar-refractivity contribution in [2.24, 2.45) is 11.8 Å². The molecule has 0 amide bonds. The van der Waals surface area contributed by atoms with Crippen LogP contribution in [0.5, 0.6) is 0 Å². The van der Waals surface area contributed by atoms with E-state index in [9.17, 15) is 32.3 Å². The van der Waals surface area contributed by atoms with Crippen molar-refractivity contribution in [3.8, 4) is 22.9 Å². The minimum atomic E-state index is -0.842. The van der Waals surface area contributed by atoms with Crippen molar-refractivity contribution in [3.63, 3.8) is 0 Å². The monoisotopic (exact) mass is 884 g/mol. The zero-order valence-corrected chi connectivity index (χ0v) is 34.3. The highest BCUT2D eigenvalue weighted by atomic mass is 19.2. The van der Waals surface area contributed by atoms with Gasteiger partial charge in [0.1, 0.15) is 0 Å². The summed E-state index contributed by atoms with van der Waals surface area (Å²) < 4.78 is 70.0. The van der Waals surface area contributed by atoms with Gasteiger partial charge in [-0.25, -0.2) is 37.5 Å². The van der Waals surface area contributed by atoms with E-state index in [2.05, 4.69) is 51.0 Å². The number of halogens is 4. The molecule has 3 unspecified atom stereocenters. The van der Waals surface area contributed by atoms with Gasteiger partial charge in [-0.2, -0.15) is 0 Å². The van der Waals surface area contributed by atoms with Gasteiger partial charge in [-0.1, -0.05) is 10.2 Å². The van der Waals surface area contributed by atoms with E-state index in [4.69, 9.17) is 13.6 Å². The highest BCUT2D eigenvalue weighted by Crippen LogP contribution is 2.32. The number of esters is 1. The number of carboxylic acids is 1. The number of aliphatic carboxylic acids is 1. The second-order valence-corrected chi connectivity index (χ2v) is 16.1. The van der Waals surface area contributed by atoms with E-state index in [1.165, 1.54) is 31.4 Å². The van der Waals surface area contributed by atoms with Gasteiger partial charge in [-0.05, 0) is 92.0 Å². The van der Waals surface area contributed by atoms with Gasteiger partial charge in [-0.3, -0.25) is 9.59 Å². The van der Waals surface area contributed by atoms with E-state index < -0.39 is 35.2 Å². The summed E-state index contributed by atoms with van der Waals surface area (Å²) in [6, 6.07) is 5.21. The average Bonchev–Trinajstić information content (AvgIpc) is 4.15. The number of methoxy groups -OCH3 is 1. The van der Waals surface area contributed by atoms with Crippen LogP contribution < -0.4 is 20.4 Å². The van der Waals surface area contributed by atoms with E-state index in [1.807, 2.05) is 11.8 Å². The molecule has 4 aromatic heterocycles. The van der Waals surface area contributed by atoms with Gasteiger partial charge in [0.15, 0.2) is 23.3 Å². The summed E-state index contributed by atoms with van der Waals surface area (Å²) in [5.41, 5.74) is 4.20. The van der Waals surface area contributed by atoms with E-state index in [-0.39, 0.29) is 47.8 Å². The fourth-order valence-electron chi connectivity index (χ4n) is 8.56. The molecule has 6 heterocycles. The lowest BCUT2D eigenvalue weighted by Gasteiger charge is -2.20. The SMILES string of the molecule is CC1C(C(=O)O)CCN1c1nnc(-c2cnc(NC3Cc4cc(F)c(F)cc4C3)nc2)o1.COC(=O)C1CCN(c2nnc(-c3cnc(NC4Cc5cc(F)c(F)cc5C4)nc3)o2)C1. The number of nitrogens with zero attached hydrogens (tertiary/aromatic N) is 10. The molecule has 64 heavy (non-hydrogen) atoms. The van der Waals surface area contributed by atoms with Crippen molar-refractivity contribution in [1.29, 1.82) is 0 Å². The summed E-state index contributed by atoms with van der Waals surface area (Å²) in [4.78, 5) is 43.8. The maximum Gasteiger partial charge on any atom is 0.318 e. The lowest BCUT2D eigenvalue weighted by molar-refractivity contribution is -0.144. The molecule has 332 valence electrons. The molecule has 3 N–H and O–H groups in total. The minimum absolute atomic E-state index is 0.0509. The van der Waals surface area contributed by atoms with Crippen LogP contribution in [0.3, 0.4) is 0 Å². The molecule has 0 radical (unpaired) electrons. The van der Waals surface area contributed by atoms with Crippen LogP contribution in [0.25, 0.3) is 22.9 Å². The Kier molecular flexibility index (Phi) is 11.5. The number of benzene rings is 2. The Morgan fingerprint density at radius 3 is 1.58 bits per heavy atom. The van der Waals surface area contributed by atoms with Gasteiger partial charge in [0.05, 0.1) is 30.1 Å². The normalized spacial score (nSPS) is 19.3. The summed E-state index contributed by atoms with van der Waals surface area (Å²) in [6.07, 6.45) is 9.62. The topological polar surface area (TPSA) is 224 Å². The molecular formula is C42H40F4N12O6. The van der Waals surface area contributed by atoms with Gasteiger partial charge in [0, 0.05) is 62.5 Å². The summed E-state index contributed by atoms with van der Waals surface area (Å²) in [5.74, 6) is -3.84. The molecule has 2 aromatic carbocycles. The fourth-order valence-corrected chi connectivity index (χ4v) is 8.56. The number of ether oxygens (including phenoxy) is 1. The molecule has 0 spiro atoms. The molecule has 18 nitrogen and oxygen atoms in total. The predicted octanol–water partition coefficient (Wildman–Crippen LogP) is 5.07. The fraction of sp³-hybridized carbons (Fsp3) is 0.381. The minimum Gasteiger partial charge on any atom is -0.481 e. The highest BCUT2D eigenvalue weighted by molar-refractivity contribution is 5.74. The molecule has 0 bridgehead atoms. The van der Waals surface area contributed by atoms with Gasteiger partial charge < -0.3 is 39.1 Å². The first kappa shape index (κ1) is 42.1. The van der Waals surface area contributed by atoms with Crippen molar-refractivity contribution in [2.75, 3.05) is 47.2 Å². The van der Waals surface area contributed by atoms with E-state index in [0.717, 1.165) is 22.3 Å². The lowest BCUT2D eigenvalue weighted by Crippen LogP contribution is -2.33. The number of aromatic nitrogens is 8. The smallest absolute Gasteiger partial charge is 0.318 e. The highest BCUT2D eigenvalue weighted by Gasteiger charge is 2.38. The van der Waals surface area contributed by atoms with Crippen LogP contribution in [-0.4, -0.2) is 102 Å². The Morgan fingerprint density at radius 2 is 1.14 bits per heavy atom. The summed E-state index contributed by atoms with van der Waals surface area (Å²) in [7, 11) is 1.37. The molecule has 0 saturated carbocycles. The number of hydrogen-bond acceptors (Lipinski definition) is 17. The number of anilines is 4. The van der Waals surface area contributed by atoms with Gasteiger partial charge in [0.2, 0.25) is 11.9 Å². The molecule has 6 aromatic rings. The molecule has 22 heteroatoms. The first-order chi connectivity index (χ1) is 30.9. The molecule has 10 rings (SSSR count). The maximum absolute atomic E-state index is 13.4. The zero-order valence-electron chi connectivity index (χ0n) is 34.3. The summed E-state index contributed by atoms with van der Waals surface area (Å²) in [6.45, 7) is 3.43. The van der Waals surface area contributed by atoms with Crippen molar-refractivity contribution in [3.05, 3.63) is 94.6 Å². The van der Waals surface area contributed by atoms with Gasteiger partial charge in [0.25, 0.3) is 11.8 Å². The van der Waals surface area contributed by atoms with E-state index in [0.29, 0.717) is 87.2 Å². The maximum atomic E-state index is 13.4. The lowest BCUT2D eigenvalue weighted by atomic mass is 10.0. The third-order valence-corrected chi connectivity index (χ3v) is 12.0. The third kappa shape index (κ3) is 8.71. The Hall–Kier alpha value is -7.26. The molecule has 2 aliphatic heterocycles. The molecule has 4 aliphatic rings. The van der Waals surface area contributed by atoms with Gasteiger partial charge in [-0.15, -0.1) is 10.2 Å². The number of carbonyl (C=O) groups is 2. The number of carbonyl (C=O) groups excluding carboxylic acids is 1. The molecule has 2 saturated heterocycles. The largest absolute Gasteiger partial charge is 0.481 e. The van der Waals surface area contributed by atoms with Crippen molar-refractivity contribution in [1.82, 2.24) is 40.3 Å². The first-order valence-electron chi connectivity index (χ1n) is 20.5. The van der Waals surface area contributed by atoms with Crippen LogP contribution in [-0.2, 0) is 40.0 Å². The number of nitrogens with one attached hydrogen (secondary N) is 2. The Labute approximate surface area is 361 Å². The standard InChI is InChI=1S/2C21H20F2N6O3/c1-31-19(30)11-2-3-29(10-11)21-28-27-18(32-21)14-8-24-20(25-9-14)26-15-4-12-6-16(22)17(23)7-13(12)5-15;1-10-15(19(30)31)2-3-29(10)21-28-27-18(32-21)13-8-24-20(25-9-13)26-14-4-11-6-16(22)17(23)7-12(11)5-14/h6-9,11,15H,2-5,10H2,1H3,(H,24,25,26);6-10,14-15H,2-5H2,1H3,(H,30,31)(H,24,25,26). The molecule has 2 aliphatic carbocycles. The Morgan fingerprint density at radius 1 is 0.688 bits per heavy atom. The summed E-state index contributed by atoms with van der Waals surface area (Å²) in [5, 5.41) is 31.8. The van der Waals surface area contributed by atoms with E-state index in [1.54, 1.807) is 29.7 Å². The van der Waals surface area contributed by atoms with Crippen LogP contribution >= 0.6 is 0 Å². The first-order valence-corrected chi connectivity index (χ1v) is 20.5. The number of fused-ring (bicyclic) bond motifs is 2. The summed E-state index contributed by atoms with van der Waals surface area (Å²) >= 11 is 0.